The van der Waals surface area contributed by atoms with E-state index in [1.165, 1.54) is 24.8 Å². The summed E-state index contributed by atoms with van der Waals surface area (Å²) in [4.78, 5) is 0. The molecule has 0 aromatic rings. The molecule has 0 atom stereocenters. The maximum Gasteiger partial charge on any atom is 0.0615 e. The monoisotopic (exact) mass is 98.1 g/mol. The van der Waals surface area contributed by atoms with E-state index in [9.17, 15) is 0 Å². The number of allylic oxidation sites excluding steroid dienone is 1. The predicted octanol–water partition coefficient (Wildman–Crippen LogP) is 1.09. The Hall–Kier alpha value is -0.300. The zero-order valence-electron chi connectivity index (χ0n) is 4.35. The van der Waals surface area contributed by atoms with Gasteiger partial charge in [0.2, 0.25) is 0 Å². The summed E-state index contributed by atoms with van der Waals surface area (Å²) in [6.07, 6.45) is 5.68. The maximum absolute atomic E-state index is 8.33. The lowest BCUT2D eigenvalue weighted by Crippen LogP contribution is -1.96. The van der Waals surface area contributed by atoms with E-state index in [2.05, 4.69) is 0 Å². The highest BCUT2D eigenvalue weighted by atomic mass is 16.2. The maximum atomic E-state index is 8.33. The summed E-state index contributed by atoms with van der Waals surface area (Å²) in [6.45, 7) is 0.231. The average molecular weight is 98.1 g/mol. The minimum Gasteiger partial charge on any atom is -0.392 e. The fourth-order valence-electron chi connectivity index (χ4n) is 0.714. The average Bonchev–Trinajstić information content (AvgIpc) is 1.55. The smallest absolute Gasteiger partial charge is 0.0615 e. The first-order valence-corrected chi connectivity index (χ1v) is 2.72. The first kappa shape index (κ1) is 4.85. The van der Waals surface area contributed by atoms with Crippen molar-refractivity contribution in [2.75, 3.05) is 6.61 Å². The first-order chi connectivity index (χ1) is 3.43. The molecule has 0 heterocycles. The van der Waals surface area contributed by atoms with Crippen molar-refractivity contribution >= 4 is 0 Å². The standard InChI is InChI=1S/C6H10O/c7-5-4-6-2-1-3-6/h4,7H,1-3,5H2. The third-order valence-electron chi connectivity index (χ3n) is 1.38. The van der Waals surface area contributed by atoms with Crippen LogP contribution in [0.2, 0.25) is 0 Å². The highest BCUT2D eigenvalue weighted by Gasteiger charge is 2.05. The van der Waals surface area contributed by atoms with Crippen LogP contribution in [0.1, 0.15) is 19.3 Å². The van der Waals surface area contributed by atoms with E-state index in [0.717, 1.165) is 0 Å². The van der Waals surface area contributed by atoms with Gasteiger partial charge in [-0.25, -0.2) is 0 Å². The Morgan fingerprint density at radius 2 is 2.29 bits per heavy atom. The van der Waals surface area contributed by atoms with Gasteiger partial charge in [0.1, 0.15) is 0 Å². The van der Waals surface area contributed by atoms with E-state index < -0.39 is 0 Å². The number of hydrogen-bond donors (Lipinski definition) is 1. The minimum absolute atomic E-state index is 0.231. The Kier molecular flexibility index (Phi) is 1.47. The van der Waals surface area contributed by atoms with Crippen molar-refractivity contribution < 1.29 is 5.11 Å². The molecule has 0 unspecified atom stereocenters. The third-order valence-corrected chi connectivity index (χ3v) is 1.38. The summed E-state index contributed by atoms with van der Waals surface area (Å²) >= 11 is 0. The lowest BCUT2D eigenvalue weighted by atomic mass is 9.92. The van der Waals surface area contributed by atoms with Crippen molar-refractivity contribution in [2.24, 2.45) is 0 Å². The van der Waals surface area contributed by atoms with E-state index in [1.807, 2.05) is 6.08 Å². The van der Waals surface area contributed by atoms with Crippen LogP contribution >= 0.6 is 0 Å². The molecule has 7 heavy (non-hydrogen) atoms. The predicted molar refractivity (Wildman–Crippen MR) is 29.0 cm³/mol. The Bertz CT molecular complexity index is 78.2. The van der Waals surface area contributed by atoms with Crippen LogP contribution in [0.3, 0.4) is 0 Å². The van der Waals surface area contributed by atoms with E-state index in [4.69, 9.17) is 5.11 Å². The molecule has 0 spiro atoms. The van der Waals surface area contributed by atoms with Crippen molar-refractivity contribution in [3.8, 4) is 0 Å². The molecule has 0 aromatic heterocycles. The van der Waals surface area contributed by atoms with Gasteiger partial charge in [0.05, 0.1) is 6.61 Å². The van der Waals surface area contributed by atoms with Gasteiger partial charge in [-0.05, 0) is 19.3 Å². The first-order valence-electron chi connectivity index (χ1n) is 2.72. The molecule has 1 aliphatic carbocycles. The lowest BCUT2D eigenvalue weighted by molar-refractivity contribution is 0.339. The highest BCUT2D eigenvalue weighted by molar-refractivity contribution is 5.08. The topological polar surface area (TPSA) is 20.2 Å². The fourth-order valence-corrected chi connectivity index (χ4v) is 0.714. The molecular formula is C6H10O. The summed E-state index contributed by atoms with van der Waals surface area (Å²) in [5.74, 6) is 0. The Morgan fingerprint density at radius 1 is 1.57 bits per heavy atom. The molecule has 1 saturated carbocycles. The molecular weight excluding hydrogens is 88.1 g/mol. The van der Waals surface area contributed by atoms with Gasteiger partial charge in [0.25, 0.3) is 0 Å². The Morgan fingerprint density at radius 3 is 2.43 bits per heavy atom. The lowest BCUT2D eigenvalue weighted by Gasteiger charge is -2.14. The fraction of sp³-hybridized carbons (Fsp3) is 0.667. The number of aliphatic hydroxyl groups is 1. The molecule has 40 valence electrons. The van der Waals surface area contributed by atoms with Gasteiger partial charge in [-0.1, -0.05) is 11.6 Å². The second kappa shape index (κ2) is 2.12. The normalized spacial score (nSPS) is 18.7. The Balaban J connectivity index is 2.23. The SMILES string of the molecule is OCC=C1CCC1. The van der Waals surface area contributed by atoms with E-state index in [0.29, 0.717) is 0 Å². The molecule has 1 heteroatoms. The summed E-state index contributed by atoms with van der Waals surface area (Å²) in [5.41, 5.74) is 1.43. The molecule has 0 amide bonds. The second-order valence-corrected chi connectivity index (χ2v) is 1.90. The van der Waals surface area contributed by atoms with Crippen molar-refractivity contribution in [3.63, 3.8) is 0 Å². The van der Waals surface area contributed by atoms with Crippen molar-refractivity contribution in [1.29, 1.82) is 0 Å². The van der Waals surface area contributed by atoms with Crippen LogP contribution < -0.4 is 0 Å². The second-order valence-electron chi connectivity index (χ2n) is 1.90. The van der Waals surface area contributed by atoms with Crippen LogP contribution in [0.5, 0.6) is 0 Å². The summed E-state index contributed by atoms with van der Waals surface area (Å²) in [6, 6.07) is 0. The molecule has 0 radical (unpaired) electrons. The molecule has 0 aromatic carbocycles. The molecule has 1 N–H and O–H groups in total. The molecule has 1 rings (SSSR count). The van der Waals surface area contributed by atoms with E-state index >= 15 is 0 Å². The van der Waals surface area contributed by atoms with Crippen LogP contribution in [0.25, 0.3) is 0 Å². The zero-order chi connectivity index (χ0) is 5.11. The summed E-state index contributed by atoms with van der Waals surface area (Å²) in [5, 5.41) is 8.33. The Labute approximate surface area is 43.7 Å². The van der Waals surface area contributed by atoms with Gasteiger partial charge < -0.3 is 5.11 Å². The quantitative estimate of drug-likeness (QED) is 0.487. The van der Waals surface area contributed by atoms with Gasteiger partial charge in [0.15, 0.2) is 0 Å². The zero-order valence-corrected chi connectivity index (χ0v) is 4.35. The van der Waals surface area contributed by atoms with Crippen LogP contribution in [-0.2, 0) is 0 Å². The van der Waals surface area contributed by atoms with Gasteiger partial charge >= 0.3 is 0 Å². The molecule has 1 fully saturated rings. The van der Waals surface area contributed by atoms with Gasteiger partial charge in [-0.15, -0.1) is 0 Å². The van der Waals surface area contributed by atoms with Crippen molar-refractivity contribution in [3.05, 3.63) is 11.6 Å². The van der Waals surface area contributed by atoms with Gasteiger partial charge in [0, 0.05) is 0 Å². The van der Waals surface area contributed by atoms with E-state index in [1.54, 1.807) is 0 Å². The number of hydrogen-bond acceptors (Lipinski definition) is 1. The van der Waals surface area contributed by atoms with Crippen LogP contribution in [0.15, 0.2) is 11.6 Å². The molecule has 1 nitrogen and oxygen atoms in total. The molecule has 0 saturated heterocycles. The molecule has 0 aliphatic heterocycles. The van der Waals surface area contributed by atoms with Gasteiger partial charge in [-0.2, -0.15) is 0 Å². The summed E-state index contributed by atoms with van der Waals surface area (Å²) < 4.78 is 0. The van der Waals surface area contributed by atoms with Crippen LogP contribution in [-0.4, -0.2) is 11.7 Å². The van der Waals surface area contributed by atoms with Crippen LogP contribution in [0, 0.1) is 0 Å². The molecule has 0 bridgehead atoms. The van der Waals surface area contributed by atoms with Crippen molar-refractivity contribution in [1.82, 2.24) is 0 Å². The number of rotatable bonds is 1. The minimum atomic E-state index is 0.231. The van der Waals surface area contributed by atoms with Crippen molar-refractivity contribution in [2.45, 2.75) is 19.3 Å². The number of aliphatic hydroxyl groups excluding tert-OH is 1. The van der Waals surface area contributed by atoms with Crippen LogP contribution in [0.4, 0.5) is 0 Å². The third kappa shape index (κ3) is 1.03. The molecule has 1 aliphatic rings. The van der Waals surface area contributed by atoms with E-state index in [-0.39, 0.29) is 6.61 Å². The largest absolute Gasteiger partial charge is 0.392 e. The van der Waals surface area contributed by atoms with Gasteiger partial charge in [-0.3, -0.25) is 0 Å². The highest BCUT2D eigenvalue weighted by Crippen LogP contribution is 2.24. The summed E-state index contributed by atoms with van der Waals surface area (Å²) in [7, 11) is 0.